The number of hydrogen-bond donors (Lipinski definition) is 1. The van der Waals surface area contributed by atoms with Gasteiger partial charge in [0.05, 0.1) is 0 Å². The fourth-order valence-electron chi connectivity index (χ4n) is 2.99. The van der Waals surface area contributed by atoms with Crippen molar-refractivity contribution in [3.05, 3.63) is 23.8 Å². The van der Waals surface area contributed by atoms with Crippen LogP contribution in [0.1, 0.15) is 18.0 Å². The first-order valence-electron chi connectivity index (χ1n) is 7.30. The summed E-state index contributed by atoms with van der Waals surface area (Å²) in [6.45, 7) is 5.37. The summed E-state index contributed by atoms with van der Waals surface area (Å²) in [5, 5.41) is 0. The van der Waals surface area contributed by atoms with Crippen LogP contribution in [0.15, 0.2) is 18.2 Å². The number of fused-ring (bicyclic) bond motifs is 1. The molecule has 5 nitrogen and oxygen atoms in total. The third-order valence-corrected chi connectivity index (χ3v) is 4.20. The molecule has 0 amide bonds. The zero-order valence-corrected chi connectivity index (χ0v) is 12.0. The molecule has 2 heterocycles. The van der Waals surface area contributed by atoms with Crippen LogP contribution >= 0.6 is 0 Å². The van der Waals surface area contributed by atoms with E-state index < -0.39 is 0 Å². The van der Waals surface area contributed by atoms with Crippen LogP contribution in [0.5, 0.6) is 11.5 Å². The molecule has 1 saturated heterocycles. The van der Waals surface area contributed by atoms with Gasteiger partial charge in [-0.2, -0.15) is 0 Å². The van der Waals surface area contributed by atoms with Crippen LogP contribution in [-0.2, 0) is 0 Å². The Morgan fingerprint density at radius 2 is 2.00 bits per heavy atom. The first kappa shape index (κ1) is 13.7. The minimum atomic E-state index is 0.260. The van der Waals surface area contributed by atoms with Crippen molar-refractivity contribution in [2.45, 2.75) is 12.5 Å². The van der Waals surface area contributed by atoms with Crippen molar-refractivity contribution < 1.29 is 9.47 Å². The molecular formula is C15H23N3O2. The average molecular weight is 277 g/mol. The molecule has 1 aromatic carbocycles. The van der Waals surface area contributed by atoms with Crippen molar-refractivity contribution in [1.82, 2.24) is 9.80 Å². The van der Waals surface area contributed by atoms with Crippen LogP contribution in [0, 0.1) is 0 Å². The van der Waals surface area contributed by atoms with Gasteiger partial charge in [-0.3, -0.25) is 4.90 Å². The number of benzene rings is 1. The summed E-state index contributed by atoms with van der Waals surface area (Å²) in [5.41, 5.74) is 7.26. The normalized spacial score (nSPS) is 21.7. The van der Waals surface area contributed by atoms with Crippen LogP contribution in [0.2, 0.25) is 0 Å². The fourth-order valence-corrected chi connectivity index (χ4v) is 2.99. The topological polar surface area (TPSA) is 51.0 Å². The van der Waals surface area contributed by atoms with Crippen molar-refractivity contribution in [3.8, 4) is 11.5 Å². The van der Waals surface area contributed by atoms with Gasteiger partial charge < -0.3 is 20.1 Å². The summed E-state index contributed by atoms with van der Waals surface area (Å²) >= 11 is 0. The molecule has 0 radical (unpaired) electrons. The second-order valence-electron chi connectivity index (χ2n) is 5.56. The molecule has 2 aliphatic heterocycles. The third kappa shape index (κ3) is 2.75. The highest BCUT2D eigenvalue weighted by Gasteiger charge is 2.23. The molecular weight excluding hydrogens is 254 g/mol. The number of ether oxygens (including phenoxy) is 2. The summed E-state index contributed by atoms with van der Waals surface area (Å²) in [7, 11) is 2.18. The van der Waals surface area contributed by atoms with Gasteiger partial charge in [0.25, 0.3) is 0 Å². The third-order valence-electron chi connectivity index (χ3n) is 4.20. The Hall–Kier alpha value is -1.30. The number of likely N-dealkylation sites (N-methyl/N-ethyl adjacent to an activating group) is 1. The van der Waals surface area contributed by atoms with E-state index in [0.717, 1.165) is 37.7 Å². The van der Waals surface area contributed by atoms with Gasteiger partial charge in [-0.15, -0.1) is 0 Å². The quantitative estimate of drug-likeness (QED) is 0.895. The molecule has 2 N–H and O–H groups in total. The Kier molecular flexibility index (Phi) is 4.10. The van der Waals surface area contributed by atoms with Crippen molar-refractivity contribution in [2.24, 2.45) is 5.73 Å². The predicted octanol–water partition coefficient (Wildman–Crippen LogP) is 1.05. The summed E-state index contributed by atoms with van der Waals surface area (Å²) < 4.78 is 10.8. The lowest BCUT2D eigenvalue weighted by atomic mass is 10.0. The molecule has 1 unspecified atom stereocenters. The molecule has 0 aromatic heterocycles. The summed E-state index contributed by atoms with van der Waals surface area (Å²) in [4.78, 5) is 4.87. The maximum absolute atomic E-state index is 6.04. The van der Waals surface area contributed by atoms with Gasteiger partial charge in [-0.05, 0) is 37.7 Å². The largest absolute Gasteiger partial charge is 0.454 e. The Labute approximate surface area is 120 Å². The monoisotopic (exact) mass is 277 g/mol. The van der Waals surface area contributed by atoms with Gasteiger partial charge in [0, 0.05) is 32.2 Å². The molecule has 20 heavy (non-hydrogen) atoms. The van der Waals surface area contributed by atoms with Gasteiger partial charge in [0.2, 0.25) is 6.79 Å². The average Bonchev–Trinajstić information content (AvgIpc) is 2.82. The van der Waals surface area contributed by atoms with E-state index in [-0.39, 0.29) is 6.04 Å². The Bertz CT molecular complexity index is 466. The number of nitrogens with two attached hydrogens (primary N) is 1. The molecule has 2 aliphatic rings. The molecule has 1 aromatic rings. The molecule has 0 saturated carbocycles. The maximum atomic E-state index is 6.04. The van der Waals surface area contributed by atoms with Gasteiger partial charge in [0.1, 0.15) is 0 Å². The van der Waals surface area contributed by atoms with E-state index in [1.807, 2.05) is 6.07 Å². The number of rotatable bonds is 3. The Balaban J connectivity index is 1.78. The zero-order chi connectivity index (χ0) is 13.9. The van der Waals surface area contributed by atoms with Crippen LogP contribution < -0.4 is 15.2 Å². The fraction of sp³-hybridized carbons (Fsp3) is 0.600. The van der Waals surface area contributed by atoms with E-state index in [2.05, 4.69) is 29.0 Å². The number of hydrogen-bond acceptors (Lipinski definition) is 5. The van der Waals surface area contributed by atoms with Crippen molar-refractivity contribution in [3.63, 3.8) is 0 Å². The highest BCUT2D eigenvalue weighted by Crippen LogP contribution is 2.35. The molecule has 110 valence electrons. The molecule has 5 heteroatoms. The molecule has 0 aliphatic carbocycles. The standard InChI is InChI=1S/C15H23N3O2/c1-17-5-2-6-18(8-7-17)13(10-16)12-3-4-14-15(9-12)20-11-19-14/h3-4,9,13H,2,5-8,10-11,16H2,1H3. The minimum absolute atomic E-state index is 0.260. The number of nitrogens with zero attached hydrogens (tertiary/aromatic N) is 2. The van der Waals surface area contributed by atoms with E-state index in [9.17, 15) is 0 Å². The van der Waals surface area contributed by atoms with Gasteiger partial charge >= 0.3 is 0 Å². The second kappa shape index (κ2) is 5.99. The minimum Gasteiger partial charge on any atom is -0.454 e. The lowest BCUT2D eigenvalue weighted by Gasteiger charge is -2.30. The lowest BCUT2D eigenvalue weighted by Crippen LogP contribution is -2.36. The maximum Gasteiger partial charge on any atom is 0.231 e. The predicted molar refractivity (Wildman–Crippen MR) is 78.0 cm³/mol. The van der Waals surface area contributed by atoms with Crippen molar-refractivity contribution >= 4 is 0 Å². The van der Waals surface area contributed by atoms with Crippen LogP contribution in [0.3, 0.4) is 0 Å². The van der Waals surface area contributed by atoms with Crippen LogP contribution in [0.4, 0.5) is 0 Å². The van der Waals surface area contributed by atoms with Gasteiger partial charge in [0.15, 0.2) is 11.5 Å². The van der Waals surface area contributed by atoms with E-state index >= 15 is 0 Å². The summed E-state index contributed by atoms with van der Waals surface area (Å²) in [5.74, 6) is 1.67. The zero-order valence-electron chi connectivity index (χ0n) is 12.0. The second-order valence-corrected chi connectivity index (χ2v) is 5.56. The first-order chi connectivity index (χ1) is 9.78. The van der Waals surface area contributed by atoms with E-state index in [1.54, 1.807) is 0 Å². The Morgan fingerprint density at radius 3 is 2.85 bits per heavy atom. The molecule has 1 atom stereocenters. The molecule has 0 spiro atoms. The Morgan fingerprint density at radius 1 is 1.15 bits per heavy atom. The molecule has 0 bridgehead atoms. The first-order valence-corrected chi connectivity index (χ1v) is 7.30. The lowest BCUT2D eigenvalue weighted by molar-refractivity contribution is 0.173. The highest BCUT2D eigenvalue weighted by molar-refractivity contribution is 5.45. The van der Waals surface area contributed by atoms with Crippen molar-refractivity contribution in [1.29, 1.82) is 0 Å². The van der Waals surface area contributed by atoms with Crippen LogP contribution in [-0.4, -0.2) is 56.4 Å². The van der Waals surface area contributed by atoms with E-state index in [4.69, 9.17) is 15.2 Å². The smallest absolute Gasteiger partial charge is 0.231 e. The molecule has 3 rings (SSSR count). The van der Waals surface area contributed by atoms with Gasteiger partial charge in [-0.1, -0.05) is 6.07 Å². The van der Waals surface area contributed by atoms with E-state index in [0.29, 0.717) is 13.3 Å². The summed E-state index contributed by atoms with van der Waals surface area (Å²) in [6, 6.07) is 6.44. The van der Waals surface area contributed by atoms with E-state index in [1.165, 1.54) is 12.0 Å². The van der Waals surface area contributed by atoms with Crippen LogP contribution in [0.25, 0.3) is 0 Å². The SMILES string of the molecule is CN1CCCN(C(CN)c2ccc3c(c2)OCO3)CC1. The molecule has 1 fully saturated rings. The van der Waals surface area contributed by atoms with Crippen molar-refractivity contribution in [2.75, 3.05) is 46.6 Å². The highest BCUT2D eigenvalue weighted by atomic mass is 16.7. The summed E-state index contributed by atoms with van der Waals surface area (Å²) in [6.07, 6.45) is 1.19. The van der Waals surface area contributed by atoms with Gasteiger partial charge in [-0.25, -0.2) is 0 Å².